The number of rotatable bonds is 22. The van der Waals surface area contributed by atoms with Crippen LogP contribution >= 0.6 is 23.3 Å². The third-order valence-corrected chi connectivity index (χ3v) is 13.1. The van der Waals surface area contributed by atoms with E-state index in [1.54, 1.807) is 32.4 Å². The molecule has 314 valence electrons. The van der Waals surface area contributed by atoms with Gasteiger partial charge < -0.3 is 29.9 Å². The van der Waals surface area contributed by atoms with Crippen LogP contribution in [0.15, 0.2) is 41.9 Å². The number of nitrogens with one attached hydrogen (secondary N) is 2. The summed E-state index contributed by atoms with van der Waals surface area (Å²) in [6.07, 6.45) is 5.40. The largest absolute Gasteiger partial charge is 0.379 e. The first-order chi connectivity index (χ1) is 26.6. The number of thiazole rings is 1. The molecular weight excluding hydrogens is 749 g/mol. The lowest BCUT2D eigenvalue weighted by Gasteiger charge is -2.41. The number of hydrogen-bond acceptors (Lipinski definition) is 10. The average Bonchev–Trinajstić information content (AvgIpc) is 3.90. The number of hydrogen-bond donors (Lipinski definition) is 2. The number of carbonyl (C=O) groups excluding carboxylic acids is 4. The van der Waals surface area contributed by atoms with Crippen LogP contribution in [0.3, 0.4) is 0 Å². The average molecular weight is 817 g/mol. The second-order valence-corrected chi connectivity index (χ2v) is 17.7. The Morgan fingerprint density at radius 3 is 2.20 bits per heavy atom. The standard InChI is InChI=1S/C42H68N6O6S2/c1-13-28(6)37(46(8)42(52)35(26(2)3)45-40(51)36(27(4)5)47(9)55-12)33(53-10)25-34(49)48-22-17-20-32(48)38(54-11)29(7)39(50)44-31(41-43-21-23-56-41)24-30-18-15-14-16-19-30/h14-16,18-19,21,23,26-29,31-33,35-38H,13,17,20,22,24-25H2,1-12H3,(H,44,50)(H,45,51)/t28-,29+,31-,32-,33+,35-,36-,37-,38+/m0/s1. The zero-order valence-corrected chi connectivity index (χ0v) is 37.3. The number of likely N-dealkylation sites (N-methyl/N-ethyl adjacent to an activating group) is 2. The van der Waals surface area contributed by atoms with Crippen LogP contribution in [0.25, 0.3) is 0 Å². The number of aromatic nitrogens is 1. The Kier molecular flexibility index (Phi) is 19.3. The summed E-state index contributed by atoms with van der Waals surface area (Å²) >= 11 is 2.98. The summed E-state index contributed by atoms with van der Waals surface area (Å²) < 4.78 is 14.0. The molecule has 4 amide bonds. The molecule has 12 nitrogen and oxygen atoms in total. The smallest absolute Gasteiger partial charge is 0.245 e. The molecule has 9 atom stereocenters. The van der Waals surface area contributed by atoms with Gasteiger partial charge >= 0.3 is 0 Å². The normalized spacial score (nSPS) is 18.9. The zero-order valence-electron chi connectivity index (χ0n) is 35.7. The maximum atomic E-state index is 14.3. The number of methoxy groups -OCH3 is 2. The second kappa shape index (κ2) is 22.8. The van der Waals surface area contributed by atoms with Crippen LogP contribution in [0.1, 0.15) is 90.8 Å². The SMILES string of the molecule is CC[C@H](C)[C@@H]([C@@H](CC(=O)N1CCC[C@H]1[C@H](OC)[C@@H](C)C(=O)N[C@@H](Cc1ccccc1)c1nccs1)OC)N(C)C(=O)[C@@H](NC(=O)[C@H](C(C)C)N(C)SC)C(C)C. The van der Waals surface area contributed by atoms with Crippen molar-refractivity contribution < 1.29 is 28.7 Å². The molecule has 0 saturated carbocycles. The molecule has 1 aromatic carbocycles. The fourth-order valence-corrected chi connectivity index (χ4v) is 9.29. The molecule has 2 aromatic rings. The first-order valence-corrected chi connectivity index (χ1v) is 22.1. The van der Waals surface area contributed by atoms with Crippen molar-refractivity contribution >= 4 is 46.9 Å². The summed E-state index contributed by atoms with van der Waals surface area (Å²) in [5.41, 5.74) is 1.09. The first kappa shape index (κ1) is 47.3. The number of ether oxygens (including phenoxy) is 2. The third-order valence-electron chi connectivity index (χ3n) is 11.4. The van der Waals surface area contributed by atoms with Gasteiger partial charge in [0, 0.05) is 39.4 Å². The van der Waals surface area contributed by atoms with E-state index in [2.05, 4.69) is 29.5 Å². The minimum Gasteiger partial charge on any atom is -0.379 e. The van der Waals surface area contributed by atoms with Crippen molar-refractivity contribution in [2.45, 2.75) is 123 Å². The molecule has 1 aromatic heterocycles. The predicted molar refractivity (Wildman–Crippen MR) is 226 cm³/mol. The summed E-state index contributed by atoms with van der Waals surface area (Å²) in [6, 6.07) is 7.79. The number of likely N-dealkylation sites (tertiary alicyclic amines) is 1. The monoisotopic (exact) mass is 816 g/mol. The van der Waals surface area contributed by atoms with Crippen LogP contribution in [0.5, 0.6) is 0 Å². The van der Waals surface area contributed by atoms with Crippen molar-refractivity contribution in [3.63, 3.8) is 0 Å². The molecule has 1 aliphatic heterocycles. The lowest BCUT2D eigenvalue weighted by atomic mass is 9.89. The third kappa shape index (κ3) is 12.2. The van der Waals surface area contributed by atoms with Crippen molar-refractivity contribution in [1.29, 1.82) is 0 Å². The van der Waals surface area contributed by atoms with E-state index in [0.29, 0.717) is 19.4 Å². The van der Waals surface area contributed by atoms with Crippen LogP contribution in [-0.2, 0) is 35.1 Å². The highest BCUT2D eigenvalue weighted by molar-refractivity contribution is 7.96. The van der Waals surface area contributed by atoms with Crippen molar-refractivity contribution in [2.75, 3.05) is 41.1 Å². The van der Waals surface area contributed by atoms with Gasteiger partial charge in [-0.1, -0.05) is 97.2 Å². The molecule has 14 heteroatoms. The van der Waals surface area contributed by atoms with E-state index in [1.165, 1.54) is 23.3 Å². The van der Waals surface area contributed by atoms with E-state index in [4.69, 9.17) is 9.47 Å². The van der Waals surface area contributed by atoms with Crippen molar-refractivity contribution in [2.24, 2.45) is 23.7 Å². The van der Waals surface area contributed by atoms with Gasteiger partial charge in [0.05, 0.1) is 42.7 Å². The molecule has 2 heterocycles. The van der Waals surface area contributed by atoms with Gasteiger partial charge in [0.25, 0.3) is 0 Å². The van der Waals surface area contributed by atoms with E-state index in [-0.39, 0.29) is 59.9 Å². The van der Waals surface area contributed by atoms with E-state index >= 15 is 0 Å². The van der Waals surface area contributed by atoms with E-state index < -0.39 is 36.3 Å². The molecular formula is C42H68N6O6S2. The number of amides is 4. The fraction of sp³-hybridized carbons (Fsp3) is 0.690. The second-order valence-electron chi connectivity index (χ2n) is 15.9. The highest BCUT2D eigenvalue weighted by Gasteiger charge is 2.43. The Morgan fingerprint density at radius 1 is 0.982 bits per heavy atom. The summed E-state index contributed by atoms with van der Waals surface area (Å²) in [5.74, 6) is -1.39. The summed E-state index contributed by atoms with van der Waals surface area (Å²) in [7, 11) is 6.82. The van der Waals surface area contributed by atoms with Gasteiger partial charge in [-0.05, 0) is 55.9 Å². The fourth-order valence-electron chi connectivity index (χ4n) is 8.04. The molecule has 0 spiro atoms. The maximum Gasteiger partial charge on any atom is 0.245 e. The molecule has 56 heavy (non-hydrogen) atoms. The molecule has 0 bridgehead atoms. The highest BCUT2D eigenvalue weighted by atomic mass is 32.2. The number of nitrogens with zero attached hydrogens (tertiary/aromatic N) is 4. The molecule has 1 fully saturated rings. The maximum absolute atomic E-state index is 14.3. The van der Waals surface area contributed by atoms with Crippen LogP contribution in [-0.4, -0.2) is 120 Å². The Hall–Kier alpha value is -3.04. The van der Waals surface area contributed by atoms with E-state index in [1.807, 2.05) is 92.8 Å². The Labute approximate surface area is 344 Å². The summed E-state index contributed by atoms with van der Waals surface area (Å²) in [5, 5.41) is 9.05. The predicted octanol–water partition coefficient (Wildman–Crippen LogP) is 5.84. The molecule has 2 N–H and O–H groups in total. The van der Waals surface area contributed by atoms with Crippen molar-refractivity contribution in [1.82, 2.24) is 29.7 Å². The van der Waals surface area contributed by atoms with Gasteiger partial charge in [-0.3, -0.25) is 19.2 Å². The lowest BCUT2D eigenvalue weighted by molar-refractivity contribution is -0.148. The van der Waals surface area contributed by atoms with Gasteiger partial charge in [0.2, 0.25) is 23.6 Å². The molecule has 1 aliphatic rings. The van der Waals surface area contributed by atoms with Crippen LogP contribution in [0.4, 0.5) is 0 Å². The van der Waals surface area contributed by atoms with Gasteiger partial charge in [-0.25, -0.2) is 9.29 Å². The van der Waals surface area contributed by atoms with Gasteiger partial charge in [0.15, 0.2) is 0 Å². The summed E-state index contributed by atoms with van der Waals surface area (Å²) in [6.45, 7) is 14.4. The van der Waals surface area contributed by atoms with E-state index in [0.717, 1.165) is 23.4 Å². The molecule has 0 radical (unpaired) electrons. The lowest BCUT2D eigenvalue weighted by Crippen LogP contribution is -2.59. The topological polar surface area (TPSA) is 133 Å². The van der Waals surface area contributed by atoms with Crippen LogP contribution in [0.2, 0.25) is 0 Å². The van der Waals surface area contributed by atoms with E-state index in [9.17, 15) is 19.2 Å². The van der Waals surface area contributed by atoms with Crippen molar-refractivity contribution in [3.8, 4) is 0 Å². The first-order valence-electron chi connectivity index (χ1n) is 20.0. The Balaban J connectivity index is 1.79. The number of carbonyl (C=O) groups is 4. The minimum absolute atomic E-state index is 0.0114. The molecule has 1 saturated heterocycles. The van der Waals surface area contributed by atoms with Crippen LogP contribution < -0.4 is 10.6 Å². The van der Waals surface area contributed by atoms with Gasteiger partial charge in [-0.2, -0.15) is 0 Å². The highest BCUT2D eigenvalue weighted by Crippen LogP contribution is 2.31. The Morgan fingerprint density at radius 2 is 1.66 bits per heavy atom. The number of benzene rings is 1. The van der Waals surface area contributed by atoms with Gasteiger partial charge in [-0.15, -0.1) is 11.3 Å². The summed E-state index contributed by atoms with van der Waals surface area (Å²) in [4.78, 5) is 64.2. The zero-order chi connectivity index (χ0) is 41.7. The van der Waals surface area contributed by atoms with Gasteiger partial charge in [0.1, 0.15) is 17.1 Å². The molecule has 0 aliphatic carbocycles. The quantitative estimate of drug-likeness (QED) is 0.141. The molecule has 3 rings (SSSR count). The minimum atomic E-state index is -0.760. The Bertz CT molecular complexity index is 1510. The van der Waals surface area contributed by atoms with Crippen molar-refractivity contribution in [3.05, 3.63) is 52.5 Å². The molecule has 0 unspecified atom stereocenters. The van der Waals surface area contributed by atoms with Crippen LogP contribution in [0, 0.1) is 23.7 Å².